The summed E-state index contributed by atoms with van der Waals surface area (Å²) in [6.45, 7) is -2.27. The van der Waals surface area contributed by atoms with E-state index in [4.69, 9.17) is 9.47 Å². The van der Waals surface area contributed by atoms with Crippen molar-refractivity contribution in [2.45, 2.75) is 19.8 Å². The van der Waals surface area contributed by atoms with Crippen molar-refractivity contribution >= 4 is 5.91 Å². The lowest BCUT2D eigenvalue weighted by atomic mass is 10.1. The summed E-state index contributed by atoms with van der Waals surface area (Å²) < 4.78 is 39.9. The Balaban J connectivity index is 1.54. The second-order valence-corrected chi connectivity index (χ2v) is 6.22. The Morgan fingerprint density at radius 2 is 1.87 bits per heavy atom. The van der Waals surface area contributed by atoms with E-state index >= 15 is 0 Å². The number of carbonyl (C=O) groups is 1. The van der Waals surface area contributed by atoms with Gasteiger partial charge in [0, 0.05) is 30.1 Å². The molecule has 156 valence electrons. The smallest absolute Gasteiger partial charge is 0.387 e. The van der Waals surface area contributed by atoms with Crippen LogP contribution in [-0.2, 0) is 13.2 Å². The summed E-state index contributed by atoms with van der Waals surface area (Å²) in [5.41, 5.74) is 2.11. The van der Waals surface area contributed by atoms with E-state index in [-0.39, 0.29) is 23.0 Å². The SMILES string of the molecule is COc1cc(C(=O)NCc2ccc(OCc3cccnc3)cc2)ccc1OC(F)F. The van der Waals surface area contributed by atoms with Gasteiger partial charge in [0.2, 0.25) is 0 Å². The van der Waals surface area contributed by atoms with Crippen LogP contribution in [0.1, 0.15) is 21.5 Å². The molecule has 30 heavy (non-hydrogen) atoms. The zero-order valence-corrected chi connectivity index (χ0v) is 16.2. The predicted molar refractivity (Wildman–Crippen MR) is 106 cm³/mol. The minimum Gasteiger partial charge on any atom is -0.493 e. The Morgan fingerprint density at radius 3 is 2.53 bits per heavy atom. The van der Waals surface area contributed by atoms with Gasteiger partial charge in [0.1, 0.15) is 12.4 Å². The number of benzene rings is 2. The molecule has 6 nitrogen and oxygen atoms in total. The Hall–Kier alpha value is -3.68. The molecule has 1 amide bonds. The van der Waals surface area contributed by atoms with Crippen molar-refractivity contribution in [1.29, 1.82) is 0 Å². The number of ether oxygens (including phenoxy) is 3. The number of nitrogens with zero attached hydrogens (tertiary/aromatic N) is 1. The largest absolute Gasteiger partial charge is 0.493 e. The number of rotatable bonds is 9. The Kier molecular flexibility index (Phi) is 7.15. The molecule has 2 aromatic carbocycles. The van der Waals surface area contributed by atoms with Crippen molar-refractivity contribution in [2.75, 3.05) is 7.11 Å². The highest BCUT2D eigenvalue weighted by Crippen LogP contribution is 2.29. The lowest BCUT2D eigenvalue weighted by Crippen LogP contribution is -2.22. The molecule has 1 N–H and O–H groups in total. The Labute approximate surface area is 172 Å². The molecule has 0 unspecified atom stereocenters. The van der Waals surface area contributed by atoms with Gasteiger partial charge in [-0.1, -0.05) is 18.2 Å². The van der Waals surface area contributed by atoms with Crippen LogP contribution in [0.25, 0.3) is 0 Å². The van der Waals surface area contributed by atoms with Crippen molar-refractivity contribution in [3.63, 3.8) is 0 Å². The molecule has 0 saturated carbocycles. The monoisotopic (exact) mass is 414 g/mol. The molecule has 0 atom stereocenters. The second kappa shape index (κ2) is 10.2. The van der Waals surface area contributed by atoms with Crippen molar-refractivity contribution < 1.29 is 27.8 Å². The fourth-order valence-electron chi connectivity index (χ4n) is 2.64. The van der Waals surface area contributed by atoms with Gasteiger partial charge in [-0.2, -0.15) is 8.78 Å². The van der Waals surface area contributed by atoms with Crippen LogP contribution in [-0.4, -0.2) is 24.6 Å². The van der Waals surface area contributed by atoms with Crippen LogP contribution in [0.3, 0.4) is 0 Å². The van der Waals surface area contributed by atoms with Crippen LogP contribution in [0.5, 0.6) is 17.2 Å². The highest BCUT2D eigenvalue weighted by molar-refractivity contribution is 5.94. The molecule has 0 saturated heterocycles. The number of carbonyl (C=O) groups excluding carboxylic acids is 1. The summed E-state index contributed by atoms with van der Waals surface area (Å²) in [6.07, 6.45) is 3.44. The molecule has 0 bridgehead atoms. The van der Waals surface area contributed by atoms with Crippen molar-refractivity contribution in [2.24, 2.45) is 0 Å². The molecule has 0 spiro atoms. The number of hydrogen-bond donors (Lipinski definition) is 1. The third-order valence-electron chi connectivity index (χ3n) is 4.15. The zero-order valence-electron chi connectivity index (χ0n) is 16.2. The van der Waals surface area contributed by atoms with E-state index in [1.807, 2.05) is 36.4 Å². The number of nitrogens with one attached hydrogen (secondary N) is 1. The van der Waals surface area contributed by atoms with E-state index < -0.39 is 6.61 Å². The van der Waals surface area contributed by atoms with Crippen molar-refractivity contribution in [1.82, 2.24) is 10.3 Å². The van der Waals surface area contributed by atoms with Crippen LogP contribution in [0, 0.1) is 0 Å². The molecule has 8 heteroatoms. The first-order valence-electron chi connectivity index (χ1n) is 9.07. The van der Waals surface area contributed by atoms with Crippen molar-refractivity contribution in [3.05, 3.63) is 83.7 Å². The molecule has 3 rings (SSSR count). The average Bonchev–Trinajstić information content (AvgIpc) is 2.77. The molecular formula is C22H20F2N2O4. The number of methoxy groups -OCH3 is 1. The van der Waals surface area contributed by atoms with Crippen LogP contribution < -0.4 is 19.5 Å². The number of halogens is 2. The highest BCUT2D eigenvalue weighted by Gasteiger charge is 2.14. The first-order chi connectivity index (χ1) is 14.5. The summed E-state index contributed by atoms with van der Waals surface area (Å²) in [5.74, 6) is 0.256. The summed E-state index contributed by atoms with van der Waals surface area (Å²) in [6, 6.07) is 15.1. The molecule has 0 fully saturated rings. The third-order valence-corrected chi connectivity index (χ3v) is 4.15. The minimum atomic E-state index is -2.98. The zero-order chi connectivity index (χ0) is 21.3. The molecular weight excluding hydrogens is 394 g/mol. The van der Waals surface area contributed by atoms with E-state index in [1.165, 1.54) is 25.3 Å². The van der Waals surface area contributed by atoms with Gasteiger partial charge >= 0.3 is 6.61 Å². The predicted octanol–water partition coefficient (Wildman–Crippen LogP) is 4.20. The molecule has 0 aliphatic carbocycles. The average molecular weight is 414 g/mol. The van der Waals surface area contributed by atoms with E-state index in [2.05, 4.69) is 15.0 Å². The van der Waals surface area contributed by atoms with E-state index in [9.17, 15) is 13.6 Å². The molecule has 0 aliphatic heterocycles. The first kappa shape index (κ1) is 21.0. The molecule has 1 aromatic heterocycles. The summed E-state index contributed by atoms with van der Waals surface area (Å²) in [5, 5.41) is 2.77. The molecule has 0 aliphatic rings. The molecule has 1 heterocycles. The topological polar surface area (TPSA) is 69.7 Å². The fraction of sp³-hybridized carbons (Fsp3) is 0.182. The van der Waals surface area contributed by atoms with Crippen LogP contribution in [0.4, 0.5) is 8.78 Å². The number of aromatic nitrogens is 1. The van der Waals surface area contributed by atoms with Crippen LogP contribution >= 0.6 is 0 Å². The number of alkyl halides is 2. The lowest BCUT2D eigenvalue weighted by molar-refractivity contribution is -0.0512. The second-order valence-electron chi connectivity index (χ2n) is 6.22. The lowest BCUT2D eigenvalue weighted by Gasteiger charge is -2.12. The standard InChI is InChI=1S/C22H20F2N2O4/c1-28-20-11-17(6-9-19(20)30-22(23)24)21(27)26-13-15-4-7-18(8-5-15)29-14-16-3-2-10-25-12-16/h2-12,22H,13-14H2,1H3,(H,26,27). The van der Waals surface area contributed by atoms with Gasteiger partial charge in [0.15, 0.2) is 11.5 Å². The maximum atomic E-state index is 12.4. The maximum absolute atomic E-state index is 12.4. The normalized spacial score (nSPS) is 10.5. The first-order valence-corrected chi connectivity index (χ1v) is 9.07. The maximum Gasteiger partial charge on any atom is 0.387 e. The van der Waals surface area contributed by atoms with E-state index in [0.717, 1.165) is 11.1 Å². The van der Waals surface area contributed by atoms with Gasteiger partial charge in [-0.25, -0.2) is 0 Å². The summed E-state index contributed by atoms with van der Waals surface area (Å²) in [4.78, 5) is 16.4. The minimum absolute atomic E-state index is 0.0538. The third kappa shape index (κ3) is 5.91. The van der Waals surface area contributed by atoms with Gasteiger partial charge in [-0.05, 0) is 42.0 Å². The summed E-state index contributed by atoms with van der Waals surface area (Å²) in [7, 11) is 1.31. The fourth-order valence-corrected chi connectivity index (χ4v) is 2.64. The van der Waals surface area contributed by atoms with Crippen LogP contribution in [0.2, 0.25) is 0 Å². The highest BCUT2D eigenvalue weighted by atomic mass is 19.3. The van der Waals surface area contributed by atoms with Gasteiger partial charge < -0.3 is 19.5 Å². The number of hydrogen-bond acceptors (Lipinski definition) is 5. The van der Waals surface area contributed by atoms with Crippen LogP contribution in [0.15, 0.2) is 67.0 Å². The number of amides is 1. The molecule has 0 radical (unpaired) electrons. The van der Waals surface area contributed by atoms with E-state index in [1.54, 1.807) is 12.4 Å². The van der Waals surface area contributed by atoms with Crippen molar-refractivity contribution in [3.8, 4) is 17.2 Å². The molecule has 3 aromatic rings. The quantitative estimate of drug-likeness (QED) is 0.568. The number of pyridine rings is 1. The van der Waals surface area contributed by atoms with Gasteiger partial charge in [-0.15, -0.1) is 0 Å². The Bertz CT molecular complexity index is 967. The van der Waals surface area contributed by atoms with Gasteiger partial charge in [0.25, 0.3) is 5.91 Å². The van der Waals surface area contributed by atoms with Gasteiger partial charge in [-0.3, -0.25) is 9.78 Å². The Morgan fingerprint density at radius 1 is 1.07 bits per heavy atom. The summed E-state index contributed by atoms with van der Waals surface area (Å²) >= 11 is 0. The van der Waals surface area contributed by atoms with E-state index in [0.29, 0.717) is 18.9 Å². The van der Waals surface area contributed by atoms with Gasteiger partial charge in [0.05, 0.1) is 7.11 Å².